The van der Waals surface area contributed by atoms with Crippen molar-refractivity contribution in [3.8, 4) is 11.3 Å². The molecule has 0 spiro atoms. The Labute approximate surface area is 191 Å². The maximum Gasteiger partial charge on any atom is 0.257 e. The van der Waals surface area contributed by atoms with Crippen molar-refractivity contribution in [1.29, 1.82) is 0 Å². The van der Waals surface area contributed by atoms with E-state index < -0.39 is 0 Å². The van der Waals surface area contributed by atoms with Crippen LogP contribution in [-0.4, -0.2) is 55.2 Å². The van der Waals surface area contributed by atoms with E-state index in [2.05, 4.69) is 20.3 Å². The fourth-order valence-corrected chi connectivity index (χ4v) is 4.18. The van der Waals surface area contributed by atoms with E-state index in [-0.39, 0.29) is 11.7 Å². The lowest BCUT2D eigenvalue weighted by atomic mass is 10.1. The van der Waals surface area contributed by atoms with Crippen molar-refractivity contribution in [2.45, 2.75) is 13.3 Å². The monoisotopic (exact) mass is 456 g/mol. The number of rotatable bonds is 7. The van der Waals surface area contributed by atoms with E-state index in [4.69, 9.17) is 16.1 Å². The summed E-state index contributed by atoms with van der Waals surface area (Å²) in [6, 6.07) is 13.9. The van der Waals surface area contributed by atoms with Gasteiger partial charge in [-0.1, -0.05) is 35.0 Å². The summed E-state index contributed by atoms with van der Waals surface area (Å²) < 4.78 is 18.4. The van der Waals surface area contributed by atoms with Crippen LogP contribution in [0, 0.1) is 12.7 Å². The first-order valence-corrected chi connectivity index (χ1v) is 11.1. The zero-order valence-electron chi connectivity index (χ0n) is 18.0. The van der Waals surface area contributed by atoms with Gasteiger partial charge in [0.2, 0.25) is 0 Å². The summed E-state index contributed by atoms with van der Waals surface area (Å²) in [7, 11) is 0. The minimum absolute atomic E-state index is 0.209. The Kier molecular flexibility index (Phi) is 7.07. The van der Waals surface area contributed by atoms with Crippen LogP contribution in [0.2, 0.25) is 5.02 Å². The fraction of sp³-hybridized carbons (Fsp3) is 0.333. The van der Waals surface area contributed by atoms with Crippen molar-refractivity contribution in [1.82, 2.24) is 15.4 Å². The van der Waals surface area contributed by atoms with E-state index >= 15 is 0 Å². The Balaban J connectivity index is 1.25. The minimum atomic E-state index is -0.213. The van der Waals surface area contributed by atoms with Crippen LogP contribution in [0.4, 0.5) is 10.1 Å². The third kappa shape index (κ3) is 5.11. The van der Waals surface area contributed by atoms with Crippen molar-refractivity contribution >= 4 is 23.2 Å². The lowest BCUT2D eigenvalue weighted by Gasteiger charge is -2.36. The van der Waals surface area contributed by atoms with Crippen molar-refractivity contribution in [3.05, 3.63) is 70.7 Å². The van der Waals surface area contributed by atoms with Gasteiger partial charge in [-0.3, -0.25) is 9.69 Å². The first kappa shape index (κ1) is 22.3. The van der Waals surface area contributed by atoms with Gasteiger partial charge in [-0.2, -0.15) is 0 Å². The van der Waals surface area contributed by atoms with E-state index in [9.17, 15) is 9.18 Å². The normalized spacial score (nSPS) is 14.5. The summed E-state index contributed by atoms with van der Waals surface area (Å²) in [6.07, 6.45) is 0.841. The topological polar surface area (TPSA) is 61.6 Å². The van der Waals surface area contributed by atoms with Crippen molar-refractivity contribution < 1.29 is 13.7 Å². The molecule has 2 heterocycles. The number of nitrogens with zero attached hydrogens (tertiary/aromatic N) is 3. The van der Waals surface area contributed by atoms with Crippen LogP contribution in [0.5, 0.6) is 0 Å². The molecule has 0 radical (unpaired) electrons. The number of anilines is 1. The van der Waals surface area contributed by atoms with Crippen molar-refractivity contribution in [2.24, 2.45) is 0 Å². The number of hydrogen-bond donors (Lipinski definition) is 1. The molecule has 1 amide bonds. The Morgan fingerprint density at radius 3 is 2.56 bits per heavy atom. The van der Waals surface area contributed by atoms with Crippen LogP contribution in [-0.2, 0) is 0 Å². The van der Waals surface area contributed by atoms with Crippen LogP contribution in [0.25, 0.3) is 11.3 Å². The number of carbonyl (C=O) groups excluding carboxylic acids is 1. The molecule has 0 saturated carbocycles. The second-order valence-corrected chi connectivity index (χ2v) is 8.26. The number of piperazine rings is 1. The lowest BCUT2D eigenvalue weighted by Crippen LogP contribution is -2.47. The summed E-state index contributed by atoms with van der Waals surface area (Å²) in [5.74, 6) is 0.0453. The molecule has 0 bridgehead atoms. The average molecular weight is 457 g/mol. The minimum Gasteiger partial charge on any atom is -0.369 e. The van der Waals surface area contributed by atoms with Gasteiger partial charge in [-0.15, -0.1) is 0 Å². The van der Waals surface area contributed by atoms with Gasteiger partial charge in [0.1, 0.15) is 22.8 Å². The molecule has 1 aromatic heterocycles. The van der Waals surface area contributed by atoms with Gasteiger partial charge in [-0.25, -0.2) is 4.39 Å². The average Bonchev–Trinajstić information content (AvgIpc) is 3.19. The quantitative estimate of drug-likeness (QED) is 0.534. The third-order valence-corrected chi connectivity index (χ3v) is 6.05. The summed E-state index contributed by atoms with van der Waals surface area (Å²) in [6.45, 7) is 6.86. The van der Waals surface area contributed by atoms with Crippen molar-refractivity contribution in [2.75, 3.05) is 44.2 Å². The molecule has 1 aliphatic rings. The predicted octanol–water partition coefficient (Wildman–Crippen LogP) is 4.38. The zero-order chi connectivity index (χ0) is 22.5. The molecule has 1 aliphatic heterocycles. The van der Waals surface area contributed by atoms with Crippen molar-refractivity contribution in [3.63, 3.8) is 0 Å². The second-order valence-electron chi connectivity index (χ2n) is 7.86. The van der Waals surface area contributed by atoms with Crippen LogP contribution < -0.4 is 10.2 Å². The number of amides is 1. The number of nitrogens with one attached hydrogen (secondary N) is 1. The highest BCUT2D eigenvalue weighted by Gasteiger charge is 2.23. The SMILES string of the molecule is Cc1onc(-c2ccccc2Cl)c1C(=O)NCCCN1CCN(c2ccc(F)cc2)CC1. The number of benzene rings is 2. The van der Waals surface area contributed by atoms with Crippen LogP contribution in [0.3, 0.4) is 0 Å². The van der Waals surface area contributed by atoms with E-state index in [0.717, 1.165) is 44.8 Å². The maximum absolute atomic E-state index is 13.1. The van der Waals surface area contributed by atoms with Gasteiger partial charge in [0.05, 0.1) is 5.02 Å². The Morgan fingerprint density at radius 2 is 1.84 bits per heavy atom. The second kappa shape index (κ2) is 10.1. The standard InChI is InChI=1S/C24H26ClFN4O2/c1-17-22(23(28-32-17)20-5-2-3-6-21(20)25)24(31)27-11-4-12-29-13-15-30(16-14-29)19-9-7-18(26)8-10-19/h2-3,5-10H,4,11-16H2,1H3,(H,27,31). The molecule has 0 unspecified atom stereocenters. The van der Waals surface area contributed by atoms with Crippen LogP contribution >= 0.6 is 11.6 Å². The first-order valence-electron chi connectivity index (χ1n) is 10.7. The molecule has 0 aliphatic carbocycles. The van der Waals surface area contributed by atoms with Gasteiger partial charge in [0, 0.05) is 44.0 Å². The highest BCUT2D eigenvalue weighted by atomic mass is 35.5. The Morgan fingerprint density at radius 1 is 1.12 bits per heavy atom. The molecule has 1 N–H and O–H groups in total. The van der Waals surface area contributed by atoms with E-state index in [1.54, 1.807) is 13.0 Å². The third-order valence-electron chi connectivity index (χ3n) is 5.72. The highest BCUT2D eigenvalue weighted by molar-refractivity contribution is 6.33. The molecule has 2 aromatic carbocycles. The smallest absolute Gasteiger partial charge is 0.257 e. The number of aromatic nitrogens is 1. The Bertz CT molecular complexity index is 1060. The molecule has 168 valence electrons. The predicted molar refractivity (Wildman–Crippen MR) is 124 cm³/mol. The molecule has 0 atom stereocenters. The zero-order valence-corrected chi connectivity index (χ0v) is 18.7. The van der Waals surface area contributed by atoms with Gasteiger partial charge in [0.25, 0.3) is 5.91 Å². The van der Waals surface area contributed by atoms with Gasteiger partial charge >= 0.3 is 0 Å². The highest BCUT2D eigenvalue weighted by Crippen LogP contribution is 2.30. The lowest BCUT2D eigenvalue weighted by molar-refractivity contribution is 0.0950. The summed E-state index contributed by atoms with van der Waals surface area (Å²) >= 11 is 6.27. The van der Waals surface area contributed by atoms with Crippen LogP contribution in [0.1, 0.15) is 22.5 Å². The van der Waals surface area contributed by atoms with Gasteiger partial charge in [-0.05, 0) is 50.2 Å². The van der Waals surface area contributed by atoms with Gasteiger partial charge in [0.15, 0.2) is 0 Å². The molecular formula is C24H26ClFN4O2. The molecule has 6 nitrogen and oxygen atoms in total. The molecule has 1 fully saturated rings. The number of aryl methyl sites for hydroxylation is 1. The summed E-state index contributed by atoms with van der Waals surface area (Å²) in [5, 5.41) is 7.56. The molecule has 8 heteroatoms. The number of hydrogen-bond acceptors (Lipinski definition) is 5. The number of carbonyl (C=O) groups is 1. The summed E-state index contributed by atoms with van der Waals surface area (Å²) in [5.41, 5.74) is 2.61. The largest absolute Gasteiger partial charge is 0.369 e. The van der Waals surface area contributed by atoms with E-state index in [1.807, 2.05) is 30.3 Å². The van der Waals surface area contributed by atoms with Gasteiger partial charge < -0.3 is 14.7 Å². The first-order chi connectivity index (χ1) is 15.5. The fourth-order valence-electron chi connectivity index (χ4n) is 3.95. The molecule has 3 aromatic rings. The molecule has 1 saturated heterocycles. The van der Waals surface area contributed by atoms with E-state index in [0.29, 0.717) is 34.1 Å². The van der Waals surface area contributed by atoms with Crippen LogP contribution in [0.15, 0.2) is 53.1 Å². The molecule has 4 rings (SSSR count). The molecule has 32 heavy (non-hydrogen) atoms. The van der Waals surface area contributed by atoms with E-state index in [1.165, 1.54) is 12.1 Å². The maximum atomic E-state index is 13.1. The summed E-state index contributed by atoms with van der Waals surface area (Å²) in [4.78, 5) is 17.5. The Hall–Kier alpha value is -2.90. The number of halogens is 2. The molecular weight excluding hydrogens is 431 g/mol.